The van der Waals surface area contributed by atoms with E-state index in [1.807, 2.05) is 50.2 Å². The highest BCUT2D eigenvalue weighted by Crippen LogP contribution is 2.24. The van der Waals surface area contributed by atoms with Gasteiger partial charge in [0.25, 0.3) is 5.91 Å². The van der Waals surface area contributed by atoms with Crippen molar-refractivity contribution in [3.05, 3.63) is 63.9 Å². The molecule has 150 valence electrons. The molecule has 1 aromatic heterocycles. The third-order valence-electron chi connectivity index (χ3n) is 5.00. The van der Waals surface area contributed by atoms with E-state index in [2.05, 4.69) is 42.5 Å². The number of amides is 1. The standard InChI is InChI=1S/C21H22BrN5O2/c1-14-12-17(26-8-10-29-11-9-26)6-7-19(14)23-21(28)20-15(2)27(25-24-20)18-5-3-4-16(22)13-18/h3-7,12-13H,8-11H2,1-2H3,(H,23,28). The van der Waals surface area contributed by atoms with Gasteiger partial charge in [0.05, 0.1) is 24.6 Å². The Kier molecular flexibility index (Phi) is 5.64. The van der Waals surface area contributed by atoms with Crippen LogP contribution in [0.25, 0.3) is 5.69 Å². The number of nitrogens with one attached hydrogen (secondary N) is 1. The maximum atomic E-state index is 12.8. The van der Waals surface area contributed by atoms with Crippen LogP contribution in [0.3, 0.4) is 0 Å². The van der Waals surface area contributed by atoms with Crippen molar-refractivity contribution in [1.82, 2.24) is 15.0 Å². The van der Waals surface area contributed by atoms with Gasteiger partial charge in [-0.3, -0.25) is 4.79 Å². The van der Waals surface area contributed by atoms with E-state index in [1.54, 1.807) is 4.68 Å². The lowest BCUT2D eigenvalue weighted by molar-refractivity contribution is 0.102. The predicted molar refractivity (Wildman–Crippen MR) is 116 cm³/mol. The van der Waals surface area contributed by atoms with Gasteiger partial charge in [-0.15, -0.1) is 5.10 Å². The number of carbonyl (C=O) groups excluding carboxylic acids is 1. The fourth-order valence-corrected chi connectivity index (χ4v) is 3.77. The van der Waals surface area contributed by atoms with Crippen LogP contribution in [0.4, 0.5) is 11.4 Å². The minimum atomic E-state index is -0.272. The quantitative estimate of drug-likeness (QED) is 0.648. The van der Waals surface area contributed by atoms with Gasteiger partial charge in [0, 0.05) is 28.9 Å². The molecule has 2 heterocycles. The van der Waals surface area contributed by atoms with Crippen LogP contribution in [0.5, 0.6) is 0 Å². The van der Waals surface area contributed by atoms with Gasteiger partial charge in [0.15, 0.2) is 5.69 Å². The number of aromatic nitrogens is 3. The molecule has 1 saturated heterocycles. The molecule has 29 heavy (non-hydrogen) atoms. The average Bonchev–Trinajstić information content (AvgIpc) is 3.11. The maximum absolute atomic E-state index is 12.8. The van der Waals surface area contributed by atoms with Crippen LogP contribution in [0, 0.1) is 13.8 Å². The van der Waals surface area contributed by atoms with Gasteiger partial charge in [-0.1, -0.05) is 27.2 Å². The van der Waals surface area contributed by atoms with Gasteiger partial charge in [-0.05, 0) is 55.8 Å². The number of morpholine rings is 1. The van der Waals surface area contributed by atoms with E-state index in [1.165, 1.54) is 0 Å². The highest BCUT2D eigenvalue weighted by atomic mass is 79.9. The van der Waals surface area contributed by atoms with Crippen LogP contribution in [-0.4, -0.2) is 47.2 Å². The van der Waals surface area contributed by atoms with Gasteiger partial charge >= 0.3 is 0 Å². The van der Waals surface area contributed by atoms with Crippen molar-refractivity contribution < 1.29 is 9.53 Å². The minimum absolute atomic E-state index is 0.272. The molecule has 2 aromatic carbocycles. The summed E-state index contributed by atoms with van der Waals surface area (Å²) in [5.41, 5.74) is 4.74. The fraction of sp³-hybridized carbons (Fsp3) is 0.286. The van der Waals surface area contributed by atoms with Gasteiger partial charge < -0.3 is 15.0 Å². The van der Waals surface area contributed by atoms with Gasteiger partial charge in [0.2, 0.25) is 0 Å². The molecule has 0 atom stereocenters. The van der Waals surface area contributed by atoms with Crippen molar-refractivity contribution in [3.8, 4) is 5.69 Å². The van der Waals surface area contributed by atoms with E-state index in [4.69, 9.17) is 4.74 Å². The second-order valence-corrected chi connectivity index (χ2v) is 7.88. The molecule has 1 amide bonds. The van der Waals surface area contributed by atoms with Gasteiger partial charge in [0.1, 0.15) is 0 Å². The highest BCUT2D eigenvalue weighted by molar-refractivity contribution is 9.10. The first-order chi connectivity index (χ1) is 14.0. The lowest BCUT2D eigenvalue weighted by Gasteiger charge is -2.29. The molecule has 0 bridgehead atoms. The van der Waals surface area contributed by atoms with Crippen molar-refractivity contribution in [2.75, 3.05) is 36.5 Å². The summed E-state index contributed by atoms with van der Waals surface area (Å²) < 4.78 is 8.01. The first kappa shape index (κ1) is 19.6. The van der Waals surface area contributed by atoms with E-state index in [-0.39, 0.29) is 5.91 Å². The molecule has 3 aromatic rings. The summed E-state index contributed by atoms with van der Waals surface area (Å²) in [4.78, 5) is 15.1. The highest BCUT2D eigenvalue weighted by Gasteiger charge is 2.19. The second-order valence-electron chi connectivity index (χ2n) is 6.97. The summed E-state index contributed by atoms with van der Waals surface area (Å²) in [6.45, 7) is 7.07. The van der Waals surface area contributed by atoms with Crippen molar-refractivity contribution in [3.63, 3.8) is 0 Å². The maximum Gasteiger partial charge on any atom is 0.278 e. The Morgan fingerprint density at radius 2 is 1.90 bits per heavy atom. The molecule has 8 heteroatoms. The second kappa shape index (κ2) is 8.34. The first-order valence-electron chi connectivity index (χ1n) is 9.46. The van der Waals surface area contributed by atoms with E-state index in [0.29, 0.717) is 11.4 Å². The summed E-state index contributed by atoms with van der Waals surface area (Å²) in [5.74, 6) is -0.272. The van der Waals surface area contributed by atoms with Crippen molar-refractivity contribution in [1.29, 1.82) is 0 Å². The number of halogens is 1. The number of carbonyl (C=O) groups is 1. The van der Waals surface area contributed by atoms with Crippen LogP contribution in [0.1, 0.15) is 21.7 Å². The number of anilines is 2. The Labute approximate surface area is 177 Å². The molecule has 0 unspecified atom stereocenters. The SMILES string of the molecule is Cc1cc(N2CCOCC2)ccc1NC(=O)c1nnn(-c2cccc(Br)c2)c1C. The summed E-state index contributed by atoms with van der Waals surface area (Å²) in [5, 5.41) is 11.2. The Bertz CT molecular complexity index is 1040. The molecular weight excluding hydrogens is 434 g/mol. The van der Waals surface area contributed by atoms with Crippen LogP contribution >= 0.6 is 15.9 Å². The predicted octanol–water partition coefficient (Wildman–Crippen LogP) is 3.74. The van der Waals surface area contributed by atoms with Crippen LogP contribution in [0.15, 0.2) is 46.9 Å². The zero-order chi connectivity index (χ0) is 20.4. The van der Waals surface area contributed by atoms with E-state index >= 15 is 0 Å². The lowest BCUT2D eigenvalue weighted by atomic mass is 10.1. The largest absolute Gasteiger partial charge is 0.378 e. The average molecular weight is 456 g/mol. The number of ether oxygens (including phenoxy) is 1. The number of rotatable bonds is 4. The van der Waals surface area contributed by atoms with Crippen molar-refractivity contribution in [2.24, 2.45) is 0 Å². The molecule has 1 fully saturated rings. The zero-order valence-corrected chi connectivity index (χ0v) is 17.9. The number of benzene rings is 2. The molecule has 0 saturated carbocycles. The number of aryl methyl sites for hydroxylation is 1. The normalized spacial score (nSPS) is 14.1. The summed E-state index contributed by atoms with van der Waals surface area (Å²) in [6.07, 6.45) is 0. The lowest BCUT2D eigenvalue weighted by Crippen LogP contribution is -2.36. The van der Waals surface area contributed by atoms with Crippen molar-refractivity contribution >= 4 is 33.2 Å². The van der Waals surface area contributed by atoms with E-state index < -0.39 is 0 Å². The fourth-order valence-electron chi connectivity index (χ4n) is 3.38. The third-order valence-corrected chi connectivity index (χ3v) is 5.49. The van der Waals surface area contributed by atoms with Crippen LogP contribution in [-0.2, 0) is 4.74 Å². The summed E-state index contributed by atoms with van der Waals surface area (Å²) in [6, 6.07) is 13.8. The molecular formula is C21H22BrN5O2. The molecule has 0 radical (unpaired) electrons. The topological polar surface area (TPSA) is 72.3 Å². The van der Waals surface area contributed by atoms with E-state index in [9.17, 15) is 4.79 Å². The minimum Gasteiger partial charge on any atom is -0.378 e. The van der Waals surface area contributed by atoms with Gasteiger partial charge in [-0.2, -0.15) is 0 Å². The van der Waals surface area contributed by atoms with Crippen LogP contribution < -0.4 is 10.2 Å². The monoisotopic (exact) mass is 455 g/mol. The molecule has 0 spiro atoms. The Morgan fingerprint density at radius 1 is 1.10 bits per heavy atom. The summed E-state index contributed by atoms with van der Waals surface area (Å²) in [7, 11) is 0. The Morgan fingerprint density at radius 3 is 2.62 bits per heavy atom. The zero-order valence-electron chi connectivity index (χ0n) is 16.4. The molecule has 1 N–H and O–H groups in total. The smallest absolute Gasteiger partial charge is 0.278 e. The van der Waals surface area contributed by atoms with Crippen LogP contribution in [0.2, 0.25) is 0 Å². The van der Waals surface area contributed by atoms with Gasteiger partial charge in [-0.25, -0.2) is 4.68 Å². The third kappa shape index (κ3) is 4.18. The molecule has 7 nitrogen and oxygen atoms in total. The van der Waals surface area contributed by atoms with Crippen molar-refractivity contribution in [2.45, 2.75) is 13.8 Å². The molecule has 1 aliphatic heterocycles. The number of hydrogen-bond donors (Lipinski definition) is 1. The summed E-state index contributed by atoms with van der Waals surface area (Å²) >= 11 is 3.46. The Balaban J connectivity index is 1.52. The number of nitrogens with zero attached hydrogens (tertiary/aromatic N) is 4. The molecule has 4 rings (SSSR count). The first-order valence-corrected chi connectivity index (χ1v) is 10.2. The molecule has 1 aliphatic rings. The number of hydrogen-bond acceptors (Lipinski definition) is 5. The van der Waals surface area contributed by atoms with E-state index in [0.717, 1.165) is 53.4 Å². The Hall–Kier alpha value is -2.71. The molecule has 0 aliphatic carbocycles.